The second-order valence-corrected chi connectivity index (χ2v) is 9.16. The molecule has 0 amide bonds. The van der Waals surface area contributed by atoms with Crippen LogP contribution < -0.4 is 0 Å². The normalized spacial score (nSPS) is 54.3. The Bertz CT molecular complexity index is 536. The molecule has 3 saturated carbocycles. The van der Waals surface area contributed by atoms with E-state index in [1.807, 2.05) is 6.08 Å². The lowest BCUT2D eigenvalue weighted by molar-refractivity contribution is -0.119. The maximum atomic E-state index is 11.9. The molecular weight excluding hydrogens is 272 g/mol. The second-order valence-electron chi connectivity index (χ2n) is 9.16. The predicted octanol–water partition coefficient (Wildman–Crippen LogP) is 4.13. The van der Waals surface area contributed by atoms with Crippen molar-refractivity contribution in [1.82, 2.24) is 0 Å². The van der Waals surface area contributed by atoms with E-state index in [1.165, 1.54) is 24.8 Å². The van der Waals surface area contributed by atoms with E-state index in [0.29, 0.717) is 17.6 Å². The van der Waals surface area contributed by atoms with Gasteiger partial charge >= 0.3 is 0 Å². The highest BCUT2D eigenvalue weighted by molar-refractivity contribution is 5.91. The van der Waals surface area contributed by atoms with Crippen molar-refractivity contribution in [1.29, 1.82) is 0 Å². The molecule has 0 unspecified atom stereocenters. The molecule has 0 aromatic heterocycles. The van der Waals surface area contributed by atoms with E-state index in [1.54, 1.807) is 0 Å². The molecule has 3 fully saturated rings. The molecule has 2 nitrogen and oxygen atoms in total. The predicted molar refractivity (Wildman–Crippen MR) is 87.3 cm³/mol. The van der Waals surface area contributed by atoms with Crippen LogP contribution in [0.3, 0.4) is 0 Å². The monoisotopic (exact) mass is 302 g/mol. The van der Waals surface area contributed by atoms with E-state index in [9.17, 15) is 9.90 Å². The zero-order chi connectivity index (χ0) is 15.7. The fraction of sp³-hybridized carbons (Fsp3) is 0.850. The Hall–Kier alpha value is -0.630. The topological polar surface area (TPSA) is 37.3 Å². The molecule has 4 aliphatic carbocycles. The fourth-order valence-corrected chi connectivity index (χ4v) is 6.88. The quantitative estimate of drug-likeness (QED) is 0.730. The molecule has 122 valence electrons. The number of carbonyl (C=O) groups is 1. The minimum Gasteiger partial charge on any atom is -0.393 e. The van der Waals surface area contributed by atoms with Crippen LogP contribution in [0, 0.1) is 34.5 Å². The Morgan fingerprint density at radius 1 is 1.14 bits per heavy atom. The lowest BCUT2D eigenvalue weighted by atomic mass is 9.45. The van der Waals surface area contributed by atoms with Gasteiger partial charge in [-0.25, -0.2) is 0 Å². The highest BCUT2D eigenvalue weighted by atomic mass is 16.3. The van der Waals surface area contributed by atoms with E-state index in [2.05, 4.69) is 20.8 Å². The molecular formula is C20H30O2. The molecule has 0 saturated heterocycles. The average molecular weight is 302 g/mol. The van der Waals surface area contributed by atoms with Crippen LogP contribution in [-0.2, 0) is 4.79 Å². The van der Waals surface area contributed by atoms with E-state index in [4.69, 9.17) is 0 Å². The number of allylic oxidation sites excluding steroid dienone is 1. The maximum absolute atomic E-state index is 11.9. The zero-order valence-electron chi connectivity index (χ0n) is 14.3. The first-order valence-corrected chi connectivity index (χ1v) is 9.28. The van der Waals surface area contributed by atoms with Gasteiger partial charge < -0.3 is 5.11 Å². The Balaban J connectivity index is 1.74. The standard InChI is InChI=1S/C20H30O2/c1-12-10-13-11-14(21)6-8-19(13,2)16-7-9-20(3)15(18(12)16)4-5-17(20)22/h11-12,15-18,22H,4-10H2,1-3H3/t12-,15-,16-,17+,18-,19-,20-/m0/s1. The Kier molecular flexibility index (Phi) is 3.18. The largest absolute Gasteiger partial charge is 0.393 e. The summed E-state index contributed by atoms with van der Waals surface area (Å²) in [6.45, 7) is 7.17. The molecule has 2 heteroatoms. The smallest absolute Gasteiger partial charge is 0.155 e. The number of aliphatic hydroxyl groups excluding tert-OH is 1. The number of rotatable bonds is 0. The zero-order valence-corrected chi connectivity index (χ0v) is 14.3. The molecule has 7 atom stereocenters. The van der Waals surface area contributed by atoms with Crippen LogP contribution in [0.15, 0.2) is 11.6 Å². The SMILES string of the molecule is C[C@H]1CC2=CC(=O)CC[C@]2(C)[C@H]2CC[C@]3(C)[C@H](O)CC[C@H]3[C@H]12. The van der Waals surface area contributed by atoms with Crippen molar-refractivity contribution in [3.63, 3.8) is 0 Å². The molecule has 22 heavy (non-hydrogen) atoms. The highest BCUT2D eigenvalue weighted by Crippen LogP contribution is 2.66. The number of ketones is 1. The minimum atomic E-state index is -0.0941. The van der Waals surface area contributed by atoms with Crippen LogP contribution in [0.25, 0.3) is 0 Å². The fourth-order valence-electron chi connectivity index (χ4n) is 6.88. The van der Waals surface area contributed by atoms with Crippen LogP contribution in [0.5, 0.6) is 0 Å². The third-order valence-corrected chi connectivity index (χ3v) is 8.26. The van der Waals surface area contributed by atoms with Crippen LogP contribution in [0.4, 0.5) is 0 Å². The molecule has 4 rings (SSSR count). The summed E-state index contributed by atoms with van der Waals surface area (Å²) < 4.78 is 0. The molecule has 0 spiro atoms. The van der Waals surface area contributed by atoms with Gasteiger partial charge in [0, 0.05) is 6.42 Å². The van der Waals surface area contributed by atoms with Gasteiger partial charge in [0.2, 0.25) is 0 Å². The van der Waals surface area contributed by atoms with Crippen molar-refractivity contribution in [2.45, 2.75) is 71.8 Å². The summed E-state index contributed by atoms with van der Waals surface area (Å²) in [6.07, 6.45) is 9.40. The van der Waals surface area contributed by atoms with Crippen LogP contribution >= 0.6 is 0 Å². The summed E-state index contributed by atoms with van der Waals surface area (Å²) in [6, 6.07) is 0. The van der Waals surface area contributed by atoms with Crippen LogP contribution in [0.2, 0.25) is 0 Å². The van der Waals surface area contributed by atoms with Crippen molar-refractivity contribution in [3.05, 3.63) is 11.6 Å². The van der Waals surface area contributed by atoms with E-state index in [-0.39, 0.29) is 16.9 Å². The molecule has 0 bridgehead atoms. The summed E-state index contributed by atoms with van der Waals surface area (Å²) in [4.78, 5) is 11.9. The average Bonchev–Trinajstić information content (AvgIpc) is 2.77. The van der Waals surface area contributed by atoms with Gasteiger partial charge in [-0.05, 0) is 79.1 Å². The molecule has 4 aliphatic rings. The van der Waals surface area contributed by atoms with Gasteiger partial charge in [-0.2, -0.15) is 0 Å². The molecule has 0 aliphatic heterocycles. The summed E-state index contributed by atoms with van der Waals surface area (Å²) in [5.41, 5.74) is 1.84. The first-order valence-electron chi connectivity index (χ1n) is 9.28. The minimum absolute atomic E-state index is 0.0941. The summed E-state index contributed by atoms with van der Waals surface area (Å²) in [5, 5.41) is 10.5. The van der Waals surface area contributed by atoms with Crippen molar-refractivity contribution in [3.8, 4) is 0 Å². The lowest BCUT2D eigenvalue weighted by Gasteiger charge is -2.59. The number of hydrogen-bond acceptors (Lipinski definition) is 2. The molecule has 1 N–H and O–H groups in total. The number of fused-ring (bicyclic) bond motifs is 5. The van der Waals surface area contributed by atoms with Crippen LogP contribution in [0.1, 0.15) is 65.7 Å². The third-order valence-electron chi connectivity index (χ3n) is 8.26. The van der Waals surface area contributed by atoms with Gasteiger partial charge in [0.1, 0.15) is 0 Å². The summed E-state index contributed by atoms with van der Waals surface area (Å²) in [5.74, 6) is 3.15. The van der Waals surface area contributed by atoms with Gasteiger partial charge in [-0.15, -0.1) is 0 Å². The van der Waals surface area contributed by atoms with Gasteiger partial charge in [-0.1, -0.05) is 26.3 Å². The second kappa shape index (κ2) is 4.69. The molecule has 0 aromatic rings. The first kappa shape index (κ1) is 14.9. The van der Waals surface area contributed by atoms with E-state index >= 15 is 0 Å². The van der Waals surface area contributed by atoms with Crippen LogP contribution in [-0.4, -0.2) is 17.0 Å². The summed E-state index contributed by atoms with van der Waals surface area (Å²) in [7, 11) is 0. The van der Waals surface area contributed by atoms with Crippen molar-refractivity contribution < 1.29 is 9.90 Å². The number of hydrogen-bond donors (Lipinski definition) is 1. The molecule has 0 radical (unpaired) electrons. The lowest BCUT2D eigenvalue weighted by Crippen LogP contribution is -2.53. The van der Waals surface area contributed by atoms with Gasteiger partial charge in [0.15, 0.2) is 5.78 Å². The summed E-state index contributed by atoms with van der Waals surface area (Å²) >= 11 is 0. The number of carbonyl (C=O) groups excluding carboxylic acids is 1. The highest BCUT2D eigenvalue weighted by Gasteiger charge is 2.60. The van der Waals surface area contributed by atoms with Gasteiger partial charge in [0.25, 0.3) is 0 Å². The Morgan fingerprint density at radius 2 is 1.91 bits per heavy atom. The van der Waals surface area contributed by atoms with Crippen molar-refractivity contribution >= 4 is 5.78 Å². The number of aliphatic hydroxyl groups is 1. The van der Waals surface area contributed by atoms with Crippen molar-refractivity contribution in [2.24, 2.45) is 34.5 Å². The van der Waals surface area contributed by atoms with Crippen molar-refractivity contribution in [2.75, 3.05) is 0 Å². The first-order chi connectivity index (χ1) is 10.4. The Labute approximate surface area is 134 Å². The molecule has 0 heterocycles. The Morgan fingerprint density at radius 3 is 2.68 bits per heavy atom. The maximum Gasteiger partial charge on any atom is 0.155 e. The van der Waals surface area contributed by atoms with E-state index < -0.39 is 0 Å². The van der Waals surface area contributed by atoms with Gasteiger partial charge in [0.05, 0.1) is 6.10 Å². The van der Waals surface area contributed by atoms with Gasteiger partial charge in [-0.3, -0.25) is 4.79 Å². The molecule has 0 aromatic carbocycles. The van der Waals surface area contributed by atoms with E-state index in [0.717, 1.165) is 37.5 Å². The third kappa shape index (κ3) is 1.79.